The average Bonchev–Trinajstić information content (AvgIpc) is 3.55. The van der Waals surface area contributed by atoms with E-state index >= 15 is 0 Å². The van der Waals surface area contributed by atoms with Gasteiger partial charge in [-0.15, -0.1) is 0 Å². The third-order valence-electron chi connectivity index (χ3n) is 7.44. The van der Waals surface area contributed by atoms with Crippen molar-refractivity contribution in [1.29, 1.82) is 5.26 Å². The third kappa shape index (κ3) is 5.43. The Bertz CT molecular complexity index is 1440. The number of hydrogen-bond donors (Lipinski definition) is 1. The number of fused-ring (bicyclic) bond motifs is 1. The molecule has 1 aliphatic rings. The molecule has 0 radical (unpaired) electrons. The summed E-state index contributed by atoms with van der Waals surface area (Å²) in [7, 11) is 0. The van der Waals surface area contributed by atoms with Crippen LogP contribution in [-0.4, -0.2) is 30.5 Å². The fraction of sp³-hybridized carbons (Fsp3) is 0.393. The van der Waals surface area contributed by atoms with Gasteiger partial charge in [0.15, 0.2) is 5.78 Å². The van der Waals surface area contributed by atoms with E-state index in [-0.39, 0.29) is 23.3 Å². The number of nitrogens with zero attached hydrogens (tertiary/aromatic N) is 5. The van der Waals surface area contributed by atoms with Gasteiger partial charge in [-0.3, -0.25) is 9.48 Å². The Labute approximate surface area is 213 Å². The van der Waals surface area contributed by atoms with Crippen LogP contribution >= 0.6 is 0 Å². The monoisotopic (exact) mass is 502 g/mol. The minimum Gasteiger partial charge on any atom is -0.346 e. The number of H-pyrrole nitrogens is 1. The molecule has 0 bridgehead atoms. The van der Waals surface area contributed by atoms with Gasteiger partial charge in [0.05, 0.1) is 36.0 Å². The maximum Gasteiger partial charge on any atom is 0.168 e. The molecule has 5 rings (SSSR count). The van der Waals surface area contributed by atoms with Gasteiger partial charge in [-0.05, 0) is 49.8 Å². The second-order valence-corrected chi connectivity index (χ2v) is 9.84. The van der Waals surface area contributed by atoms with Gasteiger partial charge >= 0.3 is 0 Å². The van der Waals surface area contributed by atoms with Crippen LogP contribution in [0.25, 0.3) is 22.3 Å². The summed E-state index contributed by atoms with van der Waals surface area (Å²) in [5, 5.41) is 15.0. The normalized spacial score (nSPS) is 19.2. The summed E-state index contributed by atoms with van der Waals surface area (Å²) in [4.78, 5) is 24.8. The van der Waals surface area contributed by atoms with Crippen molar-refractivity contribution in [3.8, 4) is 17.3 Å². The predicted molar refractivity (Wildman–Crippen MR) is 134 cm³/mol. The fourth-order valence-electron chi connectivity index (χ4n) is 5.49. The molecule has 4 aromatic rings. The Balaban J connectivity index is 1.29. The van der Waals surface area contributed by atoms with Crippen molar-refractivity contribution < 1.29 is 13.6 Å². The van der Waals surface area contributed by atoms with E-state index in [1.54, 1.807) is 6.20 Å². The first-order chi connectivity index (χ1) is 18.0. The Morgan fingerprint density at radius 2 is 2.03 bits per heavy atom. The van der Waals surface area contributed by atoms with Crippen LogP contribution < -0.4 is 0 Å². The van der Waals surface area contributed by atoms with Crippen LogP contribution in [0.1, 0.15) is 67.8 Å². The molecule has 9 heteroatoms. The molecule has 1 aliphatic carbocycles. The Kier molecular flexibility index (Phi) is 7.35. The van der Waals surface area contributed by atoms with Gasteiger partial charge in [-0.2, -0.15) is 10.4 Å². The van der Waals surface area contributed by atoms with Gasteiger partial charge in [0.1, 0.15) is 23.6 Å². The molecule has 0 amide bonds. The highest BCUT2D eigenvalue weighted by molar-refractivity contribution is 5.98. The van der Waals surface area contributed by atoms with E-state index in [1.165, 1.54) is 12.4 Å². The number of halogens is 2. The molecule has 0 saturated heterocycles. The van der Waals surface area contributed by atoms with E-state index < -0.39 is 11.6 Å². The Morgan fingerprint density at radius 3 is 2.86 bits per heavy atom. The van der Waals surface area contributed by atoms with Crippen LogP contribution in [-0.2, 0) is 0 Å². The van der Waals surface area contributed by atoms with Crippen LogP contribution in [0.3, 0.4) is 0 Å². The molecule has 190 valence electrons. The number of ketones is 1. The van der Waals surface area contributed by atoms with Crippen molar-refractivity contribution in [3.05, 3.63) is 66.4 Å². The van der Waals surface area contributed by atoms with E-state index in [0.29, 0.717) is 25.2 Å². The highest BCUT2D eigenvalue weighted by atomic mass is 19.1. The number of benzene rings is 1. The highest BCUT2D eigenvalue weighted by Crippen LogP contribution is 2.35. The molecule has 7 nitrogen and oxygen atoms in total. The minimum atomic E-state index is -0.798. The van der Waals surface area contributed by atoms with Gasteiger partial charge in [0.2, 0.25) is 0 Å². The van der Waals surface area contributed by atoms with Crippen LogP contribution in [0.4, 0.5) is 8.78 Å². The zero-order chi connectivity index (χ0) is 25.8. The fourth-order valence-corrected chi connectivity index (χ4v) is 5.49. The number of rotatable bonds is 7. The van der Waals surface area contributed by atoms with Crippen molar-refractivity contribution in [2.75, 3.05) is 0 Å². The molecular weight excluding hydrogens is 474 g/mol. The second-order valence-electron chi connectivity index (χ2n) is 9.84. The summed E-state index contributed by atoms with van der Waals surface area (Å²) in [5.74, 6) is -1.70. The van der Waals surface area contributed by atoms with Crippen molar-refractivity contribution in [3.63, 3.8) is 0 Å². The lowest BCUT2D eigenvalue weighted by Crippen LogP contribution is -2.21. The number of carbonyl (C=O) groups excluding carboxylic acids is 1. The largest absolute Gasteiger partial charge is 0.346 e. The molecule has 1 saturated carbocycles. The number of hydrogen-bond acceptors (Lipinski definition) is 5. The zero-order valence-electron chi connectivity index (χ0n) is 20.4. The quantitative estimate of drug-likeness (QED) is 0.294. The van der Waals surface area contributed by atoms with E-state index in [0.717, 1.165) is 66.5 Å². The summed E-state index contributed by atoms with van der Waals surface area (Å²) >= 11 is 0. The molecule has 1 N–H and O–H groups in total. The zero-order valence-corrected chi connectivity index (χ0v) is 20.4. The first kappa shape index (κ1) is 24.8. The SMILES string of the molecule is N#CCC(CC1CCCCC(C(=O)c2ccc(F)cc2F)CC1)n1cc(-c2ncnc3[nH]ccc23)cn1. The summed E-state index contributed by atoms with van der Waals surface area (Å²) < 4.78 is 29.4. The number of carbonyl (C=O) groups is 1. The predicted octanol–water partition coefficient (Wildman–Crippen LogP) is 6.41. The topological polar surface area (TPSA) is 100 Å². The number of aromatic nitrogens is 5. The van der Waals surface area contributed by atoms with E-state index in [1.807, 2.05) is 23.1 Å². The third-order valence-corrected chi connectivity index (χ3v) is 7.44. The van der Waals surface area contributed by atoms with E-state index in [4.69, 9.17) is 0 Å². The molecule has 1 aromatic carbocycles. The lowest BCUT2D eigenvalue weighted by atomic mass is 9.79. The number of Topliss-reactive ketones (excluding diaryl/α,β-unsaturated/α-hetero) is 1. The summed E-state index contributed by atoms with van der Waals surface area (Å²) in [6.07, 6.45) is 13.2. The molecular formula is C28H28F2N6O. The van der Waals surface area contributed by atoms with E-state index in [2.05, 4.69) is 26.1 Å². The van der Waals surface area contributed by atoms with Crippen molar-refractivity contribution >= 4 is 16.8 Å². The Morgan fingerprint density at radius 1 is 1.16 bits per heavy atom. The van der Waals surface area contributed by atoms with Crippen LogP contribution in [0, 0.1) is 34.8 Å². The molecule has 1 fully saturated rings. The van der Waals surface area contributed by atoms with Gasteiger partial charge in [-0.25, -0.2) is 18.7 Å². The highest BCUT2D eigenvalue weighted by Gasteiger charge is 2.27. The smallest absolute Gasteiger partial charge is 0.168 e. The summed E-state index contributed by atoms with van der Waals surface area (Å²) in [6.45, 7) is 0. The number of nitriles is 1. The Hall–Kier alpha value is -3.93. The first-order valence-electron chi connectivity index (χ1n) is 12.7. The second kappa shape index (κ2) is 11.0. The lowest BCUT2D eigenvalue weighted by molar-refractivity contribution is 0.0885. The number of aromatic amines is 1. The van der Waals surface area contributed by atoms with Gasteiger partial charge in [-0.1, -0.05) is 19.3 Å². The minimum absolute atomic E-state index is 0.0313. The van der Waals surface area contributed by atoms with Crippen molar-refractivity contribution in [2.24, 2.45) is 11.8 Å². The molecule has 3 unspecified atom stereocenters. The van der Waals surface area contributed by atoms with E-state index in [9.17, 15) is 18.8 Å². The molecule has 3 heterocycles. The molecule has 3 atom stereocenters. The van der Waals surface area contributed by atoms with Gasteiger partial charge in [0, 0.05) is 35.3 Å². The molecule has 0 spiro atoms. The van der Waals surface area contributed by atoms with Gasteiger partial charge < -0.3 is 4.98 Å². The van der Waals surface area contributed by atoms with Crippen LogP contribution in [0.5, 0.6) is 0 Å². The van der Waals surface area contributed by atoms with Crippen molar-refractivity contribution in [2.45, 2.75) is 57.4 Å². The molecule has 0 aliphatic heterocycles. The van der Waals surface area contributed by atoms with Gasteiger partial charge in [0.25, 0.3) is 0 Å². The first-order valence-corrected chi connectivity index (χ1v) is 12.7. The number of nitrogens with one attached hydrogen (secondary N) is 1. The van der Waals surface area contributed by atoms with Crippen molar-refractivity contribution in [1.82, 2.24) is 24.7 Å². The molecule has 3 aromatic heterocycles. The lowest BCUT2D eigenvalue weighted by Gasteiger charge is -2.27. The maximum absolute atomic E-state index is 14.2. The molecule has 37 heavy (non-hydrogen) atoms. The average molecular weight is 503 g/mol. The van der Waals surface area contributed by atoms with Crippen LogP contribution in [0.15, 0.2) is 49.2 Å². The summed E-state index contributed by atoms with van der Waals surface area (Å²) in [6, 6.07) is 7.28. The van der Waals surface area contributed by atoms with Crippen LogP contribution in [0.2, 0.25) is 0 Å². The maximum atomic E-state index is 14.2. The summed E-state index contributed by atoms with van der Waals surface area (Å²) in [5.41, 5.74) is 2.37. The standard InChI is InChI=1S/C28H28F2N6O/c29-21-7-8-23(25(30)14-21)27(37)19-4-2-1-3-18(5-6-19)13-22(9-11-31)36-16-20(15-35-36)26-24-10-12-32-28(24)34-17-33-26/h7-8,10,12,14-19,22H,1-6,9,13H2,(H,32,33,34).